The standard InChI is InChI=1S/C15H19NO5S/c1-21-11-5-3-10(13(17)9-11)4-6-14(18)16-12(15(19)20)7-8-22-2/h3-6,9,12,17H,7-8H2,1-2H3,(H,16,18)(H,19,20)/b6-4+. The highest BCUT2D eigenvalue weighted by atomic mass is 32.2. The minimum absolute atomic E-state index is 0.0273. The lowest BCUT2D eigenvalue weighted by Gasteiger charge is -2.12. The van der Waals surface area contributed by atoms with E-state index in [0.29, 0.717) is 23.5 Å². The number of aromatic hydroxyl groups is 1. The van der Waals surface area contributed by atoms with Crippen LogP contribution in [0.1, 0.15) is 12.0 Å². The zero-order chi connectivity index (χ0) is 16.5. The van der Waals surface area contributed by atoms with Crippen LogP contribution in [-0.4, -0.2) is 47.2 Å². The molecule has 0 saturated heterocycles. The molecule has 1 atom stereocenters. The Balaban J connectivity index is 2.68. The number of phenols is 1. The lowest BCUT2D eigenvalue weighted by molar-refractivity contribution is -0.141. The van der Waals surface area contributed by atoms with E-state index in [1.807, 2.05) is 6.26 Å². The molecule has 1 aromatic carbocycles. The van der Waals surface area contributed by atoms with Crippen LogP contribution < -0.4 is 10.1 Å². The molecule has 0 aliphatic rings. The maximum Gasteiger partial charge on any atom is 0.326 e. The van der Waals surface area contributed by atoms with Gasteiger partial charge in [-0.05, 0) is 36.6 Å². The van der Waals surface area contributed by atoms with Crippen molar-refractivity contribution in [3.05, 3.63) is 29.8 Å². The van der Waals surface area contributed by atoms with Crippen molar-refractivity contribution < 1.29 is 24.5 Å². The summed E-state index contributed by atoms with van der Waals surface area (Å²) in [4.78, 5) is 22.8. The van der Waals surface area contributed by atoms with Gasteiger partial charge in [0.2, 0.25) is 5.91 Å². The van der Waals surface area contributed by atoms with Crippen LogP contribution in [0.25, 0.3) is 6.08 Å². The van der Waals surface area contributed by atoms with Crippen LogP contribution in [0.3, 0.4) is 0 Å². The molecule has 0 saturated carbocycles. The molecule has 0 aliphatic heterocycles. The number of carbonyl (C=O) groups excluding carboxylic acids is 1. The molecule has 0 radical (unpaired) electrons. The SMILES string of the molecule is COc1ccc(/C=C/C(=O)NC(CCSC)C(=O)O)c(O)c1. The minimum Gasteiger partial charge on any atom is -0.507 e. The van der Waals surface area contributed by atoms with Gasteiger partial charge in [-0.1, -0.05) is 0 Å². The van der Waals surface area contributed by atoms with E-state index in [2.05, 4.69) is 5.32 Å². The first kappa shape index (κ1) is 17.9. The van der Waals surface area contributed by atoms with Gasteiger partial charge >= 0.3 is 5.97 Å². The Morgan fingerprint density at radius 3 is 2.73 bits per heavy atom. The third-order valence-corrected chi connectivity index (χ3v) is 3.52. The molecule has 0 aromatic heterocycles. The topological polar surface area (TPSA) is 95.9 Å². The van der Waals surface area contributed by atoms with E-state index in [1.54, 1.807) is 12.1 Å². The van der Waals surface area contributed by atoms with Gasteiger partial charge in [0, 0.05) is 17.7 Å². The Morgan fingerprint density at radius 2 is 2.18 bits per heavy atom. The number of rotatable bonds is 8. The molecule has 0 bridgehead atoms. The summed E-state index contributed by atoms with van der Waals surface area (Å²) in [5, 5.41) is 21.2. The number of phenolic OH excluding ortho intramolecular Hbond substituents is 1. The van der Waals surface area contributed by atoms with Gasteiger partial charge in [0.15, 0.2) is 0 Å². The first-order valence-electron chi connectivity index (χ1n) is 6.55. The Kier molecular flexibility index (Phi) is 7.31. The molecule has 6 nitrogen and oxygen atoms in total. The molecule has 7 heteroatoms. The summed E-state index contributed by atoms with van der Waals surface area (Å²) in [5.74, 6) is -0.477. The van der Waals surface area contributed by atoms with Gasteiger partial charge < -0.3 is 20.3 Å². The Hall–Kier alpha value is -2.15. The van der Waals surface area contributed by atoms with Gasteiger partial charge in [-0.25, -0.2) is 4.79 Å². The molecule has 0 heterocycles. The number of carbonyl (C=O) groups is 2. The largest absolute Gasteiger partial charge is 0.507 e. The van der Waals surface area contributed by atoms with Crippen molar-refractivity contribution >= 4 is 29.7 Å². The number of nitrogens with one attached hydrogen (secondary N) is 1. The molecule has 120 valence electrons. The molecule has 0 aliphatic carbocycles. The molecule has 1 amide bonds. The van der Waals surface area contributed by atoms with Crippen LogP contribution in [0.4, 0.5) is 0 Å². The zero-order valence-electron chi connectivity index (χ0n) is 12.4. The summed E-state index contributed by atoms with van der Waals surface area (Å²) in [5.41, 5.74) is 0.437. The number of benzene rings is 1. The van der Waals surface area contributed by atoms with Gasteiger partial charge in [0.1, 0.15) is 17.5 Å². The molecular formula is C15H19NO5S. The van der Waals surface area contributed by atoms with Crippen molar-refractivity contribution in [2.45, 2.75) is 12.5 Å². The fourth-order valence-corrected chi connectivity index (χ4v) is 2.14. The summed E-state index contributed by atoms with van der Waals surface area (Å²) in [6, 6.07) is 3.75. The summed E-state index contributed by atoms with van der Waals surface area (Å²) in [6.07, 6.45) is 4.82. The molecule has 3 N–H and O–H groups in total. The third kappa shape index (κ3) is 5.69. The molecule has 0 fully saturated rings. The third-order valence-electron chi connectivity index (χ3n) is 2.88. The van der Waals surface area contributed by atoms with Gasteiger partial charge in [-0.15, -0.1) is 0 Å². The van der Waals surface area contributed by atoms with Crippen molar-refractivity contribution in [1.29, 1.82) is 0 Å². The summed E-state index contributed by atoms with van der Waals surface area (Å²) >= 11 is 1.51. The van der Waals surface area contributed by atoms with Gasteiger partial charge in [-0.3, -0.25) is 4.79 Å². The first-order chi connectivity index (χ1) is 10.5. The minimum atomic E-state index is -1.07. The highest BCUT2D eigenvalue weighted by Crippen LogP contribution is 2.24. The highest BCUT2D eigenvalue weighted by molar-refractivity contribution is 7.98. The van der Waals surface area contributed by atoms with Crippen LogP contribution in [0, 0.1) is 0 Å². The Morgan fingerprint density at radius 1 is 1.45 bits per heavy atom. The van der Waals surface area contributed by atoms with E-state index < -0.39 is 17.9 Å². The number of methoxy groups -OCH3 is 1. The molecule has 1 aromatic rings. The quantitative estimate of drug-likeness (QED) is 0.630. The van der Waals surface area contributed by atoms with E-state index >= 15 is 0 Å². The molecule has 1 unspecified atom stereocenters. The molecule has 22 heavy (non-hydrogen) atoms. The summed E-state index contributed by atoms with van der Waals surface area (Å²) in [6.45, 7) is 0. The number of amides is 1. The number of hydrogen-bond donors (Lipinski definition) is 3. The second kappa shape index (κ2) is 8.99. The van der Waals surface area contributed by atoms with Gasteiger partial charge in [0.05, 0.1) is 7.11 Å². The number of carboxylic acid groups (broad SMARTS) is 1. The lowest BCUT2D eigenvalue weighted by atomic mass is 10.1. The van der Waals surface area contributed by atoms with E-state index in [9.17, 15) is 14.7 Å². The van der Waals surface area contributed by atoms with E-state index in [1.165, 1.54) is 37.1 Å². The first-order valence-corrected chi connectivity index (χ1v) is 7.94. The number of aliphatic carboxylic acids is 1. The van der Waals surface area contributed by atoms with Crippen LogP contribution in [-0.2, 0) is 9.59 Å². The van der Waals surface area contributed by atoms with Crippen molar-refractivity contribution in [2.24, 2.45) is 0 Å². The predicted molar refractivity (Wildman–Crippen MR) is 86.3 cm³/mol. The van der Waals surface area contributed by atoms with E-state index in [4.69, 9.17) is 9.84 Å². The average molecular weight is 325 g/mol. The number of carboxylic acids is 1. The highest BCUT2D eigenvalue weighted by Gasteiger charge is 2.18. The van der Waals surface area contributed by atoms with Gasteiger partial charge in [0.25, 0.3) is 0 Å². The smallest absolute Gasteiger partial charge is 0.326 e. The van der Waals surface area contributed by atoms with Gasteiger partial charge in [-0.2, -0.15) is 11.8 Å². The molecule has 1 rings (SSSR count). The Bertz CT molecular complexity index is 559. The second-order valence-electron chi connectivity index (χ2n) is 4.44. The van der Waals surface area contributed by atoms with Crippen molar-refractivity contribution in [1.82, 2.24) is 5.32 Å². The Labute approximate surface area is 133 Å². The maximum absolute atomic E-state index is 11.8. The number of ether oxygens (including phenoxy) is 1. The number of thioether (sulfide) groups is 1. The summed E-state index contributed by atoms with van der Waals surface area (Å²) in [7, 11) is 1.48. The fraction of sp³-hybridized carbons (Fsp3) is 0.333. The van der Waals surface area contributed by atoms with Crippen molar-refractivity contribution in [3.63, 3.8) is 0 Å². The zero-order valence-corrected chi connectivity index (χ0v) is 13.2. The van der Waals surface area contributed by atoms with Crippen LogP contribution >= 0.6 is 11.8 Å². The van der Waals surface area contributed by atoms with E-state index in [0.717, 1.165) is 0 Å². The van der Waals surface area contributed by atoms with Crippen LogP contribution in [0.2, 0.25) is 0 Å². The monoisotopic (exact) mass is 325 g/mol. The molecular weight excluding hydrogens is 306 g/mol. The lowest BCUT2D eigenvalue weighted by Crippen LogP contribution is -2.40. The van der Waals surface area contributed by atoms with Crippen LogP contribution in [0.5, 0.6) is 11.5 Å². The average Bonchev–Trinajstić information content (AvgIpc) is 2.49. The predicted octanol–water partition coefficient (Wildman–Crippen LogP) is 1.74. The number of hydrogen-bond acceptors (Lipinski definition) is 5. The summed E-state index contributed by atoms with van der Waals surface area (Å²) < 4.78 is 4.96. The maximum atomic E-state index is 11.8. The molecule has 0 spiro atoms. The van der Waals surface area contributed by atoms with Crippen molar-refractivity contribution in [3.8, 4) is 11.5 Å². The van der Waals surface area contributed by atoms with E-state index in [-0.39, 0.29) is 5.75 Å². The second-order valence-corrected chi connectivity index (χ2v) is 5.42. The fourth-order valence-electron chi connectivity index (χ4n) is 1.67. The van der Waals surface area contributed by atoms with Crippen molar-refractivity contribution in [2.75, 3.05) is 19.1 Å². The normalized spacial score (nSPS) is 12.1. The van der Waals surface area contributed by atoms with Crippen LogP contribution in [0.15, 0.2) is 24.3 Å².